The summed E-state index contributed by atoms with van der Waals surface area (Å²) in [6, 6.07) is 43.6. The maximum absolute atomic E-state index is 7.56. The van der Waals surface area contributed by atoms with Crippen molar-refractivity contribution >= 4 is 50.6 Å². The normalized spacial score (nSPS) is 13.1. The molecule has 66 heavy (non-hydrogen) atoms. The van der Waals surface area contributed by atoms with E-state index in [-0.39, 0.29) is 30.9 Å². The molecule has 0 bridgehead atoms. The van der Waals surface area contributed by atoms with Crippen LogP contribution in [0.2, 0.25) is 17.3 Å². The fourth-order valence-electron chi connectivity index (χ4n) is 8.93. The van der Waals surface area contributed by atoms with E-state index in [9.17, 15) is 0 Å². The van der Waals surface area contributed by atoms with Crippen LogP contribution >= 0.6 is 0 Å². The molecule has 0 N–H and O–H groups in total. The summed E-state index contributed by atoms with van der Waals surface area (Å²) in [5.41, 5.74) is 14.9. The topological polar surface area (TPSA) is 56.7 Å². The summed E-state index contributed by atoms with van der Waals surface area (Å²) >= 11 is -2.18. The van der Waals surface area contributed by atoms with Crippen LogP contribution in [-0.2, 0) is 30.9 Å². The van der Waals surface area contributed by atoms with E-state index in [4.69, 9.17) is 23.5 Å². The van der Waals surface area contributed by atoms with Crippen LogP contribution < -0.4 is 4.40 Å². The van der Waals surface area contributed by atoms with Gasteiger partial charge in [-0.3, -0.25) is 9.97 Å². The van der Waals surface area contributed by atoms with Crippen LogP contribution in [0.25, 0.3) is 61.3 Å². The van der Waals surface area contributed by atoms with Crippen molar-refractivity contribution in [2.45, 2.75) is 116 Å². The number of para-hydroxylation sites is 1. The van der Waals surface area contributed by atoms with Crippen molar-refractivity contribution in [2.24, 2.45) is 0 Å². The number of benzene rings is 5. The summed E-state index contributed by atoms with van der Waals surface area (Å²) in [4.78, 5) is 14.8. The number of rotatable bonds is 8. The Morgan fingerprint density at radius 3 is 2.05 bits per heavy atom. The third-order valence-electron chi connectivity index (χ3n) is 12.6. The Bertz CT molecular complexity index is 3250. The van der Waals surface area contributed by atoms with E-state index in [2.05, 4.69) is 170 Å². The minimum atomic E-state index is -2.18. The standard InChI is InChI=1S/C35H36N3O.C24H28GeN.Ir/c1-20(2)26-16-22(5)17-27(21(3)4)32(26)38-29-18-31(35(6,7)8)36-19-28(29)37-34(38)25-14-11-13-24-23-12-9-10-15-30(23)39-33(24)25;1-18-12-14-19(15-13-18)23-16-21(22(17-26-23)25(4,5)6)24(2,3)20-10-8-7-9-11-20;/h9-13,15-21H,1-8H3;7-14,16-17H,1-6H3;/q2*-1;/i;1D3;. The van der Waals surface area contributed by atoms with Gasteiger partial charge in [0.15, 0.2) is 0 Å². The van der Waals surface area contributed by atoms with E-state index in [1.165, 1.54) is 37.9 Å². The van der Waals surface area contributed by atoms with Gasteiger partial charge in [0.05, 0.1) is 28.6 Å². The molecule has 1 radical (unpaired) electrons. The molecule has 4 aromatic heterocycles. The summed E-state index contributed by atoms with van der Waals surface area (Å²) in [6.07, 6.45) is 3.97. The second kappa shape index (κ2) is 18.9. The Morgan fingerprint density at radius 1 is 0.742 bits per heavy atom. The first-order valence-electron chi connectivity index (χ1n) is 24.4. The van der Waals surface area contributed by atoms with Crippen LogP contribution in [0, 0.1) is 25.9 Å². The molecule has 0 aliphatic heterocycles. The first kappa shape index (κ1) is 44.7. The predicted molar refractivity (Wildman–Crippen MR) is 277 cm³/mol. The van der Waals surface area contributed by atoms with Crippen molar-refractivity contribution in [1.82, 2.24) is 19.5 Å². The van der Waals surface area contributed by atoms with Crippen molar-refractivity contribution in [1.29, 1.82) is 0 Å². The number of nitrogens with zero attached hydrogens (tertiary/aromatic N) is 4. The van der Waals surface area contributed by atoms with Crippen LogP contribution in [-0.4, -0.2) is 32.8 Å². The SMILES string of the molecule is Cc1cc(C(C)C)c(-n2c(-c3[c-]ccc4c3oc3ccccc34)nc3cnc(C(C)(C)C)cc32)c(C(C)C)c1.[2H]C([2H])([2H])c1c[c-]c(-c2cc(C(C)(C)c3ccccc3)[c]([Ge]([CH3])([CH3])[CH3])cn2)cc1.[Ir]. The summed E-state index contributed by atoms with van der Waals surface area (Å²) < 4.78 is 32.9. The minimum Gasteiger partial charge on any atom is 0 e. The molecule has 9 aromatic rings. The van der Waals surface area contributed by atoms with E-state index in [1.54, 1.807) is 12.1 Å². The van der Waals surface area contributed by atoms with Gasteiger partial charge in [0.2, 0.25) is 0 Å². The Hall–Kier alpha value is -5.14. The second-order valence-electron chi connectivity index (χ2n) is 20.7. The fraction of sp³-hybridized carbons (Fsp3) is 0.305. The van der Waals surface area contributed by atoms with Gasteiger partial charge in [-0.05, 0) is 42.0 Å². The van der Waals surface area contributed by atoms with Crippen molar-refractivity contribution in [3.05, 3.63) is 173 Å². The molecule has 9 rings (SSSR count). The average molecular weight is 1110 g/mol. The van der Waals surface area contributed by atoms with Gasteiger partial charge in [0, 0.05) is 42.3 Å². The number of furan rings is 1. The molecular weight excluding hydrogens is 1050 g/mol. The molecule has 5 nitrogen and oxygen atoms in total. The third kappa shape index (κ3) is 9.52. The number of hydrogen-bond acceptors (Lipinski definition) is 4. The number of aromatic nitrogens is 4. The fourth-order valence-corrected chi connectivity index (χ4v) is 12.4. The number of hydrogen-bond donors (Lipinski definition) is 0. The molecule has 7 heteroatoms. The molecule has 341 valence electrons. The molecule has 0 saturated carbocycles. The van der Waals surface area contributed by atoms with Crippen molar-refractivity contribution < 1.29 is 28.6 Å². The van der Waals surface area contributed by atoms with Crippen LogP contribution in [0.1, 0.15) is 117 Å². The maximum atomic E-state index is 7.56. The Kier molecular flexibility index (Phi) is 12.8. The molecule has 0 fully saturated rings. The molecule has 0 amide bonds. The smallest absolute Gasteiger partial charge is 0 e. The first-order chi connectivity index (χ1) is 31.9. The molecule has 0 saturated heterocycles. The van der Waals surface area contributed by atoms with Gasteiger partial charge in [-0.1, -0.05) is 95.3 Å². The van der Waals surface area contributed by atoms with E-state index in [0.29, 0.717) is 17.4 Å². The molecule has 4 heterocycles. The van der Waals surface area contributed by atoms with Gasteiger partial charge in [-0.15, -0.1) is 18.2 Å². The molecule has 0 aliphatic rings. The number of aryl methyl sites for hydroxylation is 2. The van der Waals surface area contributed by atoms with E-state index >= 15 is 0 Å². The summed E-state index contributed by atoms with van der Waals surface area (Å²) in [7, 11) is 0. The van der Waals surface area contributed by atoms with E-state index < -0.39 is 20.1 Å². The van der Waals surface area contributed by atoms with Crippen LogP contribution in [0.15, 0.2) is 126 Å². The molecule has 0 unspecified atom stereocenters. The largest absolute Gasteiger partial charge is 0 e. The summed E-state index contributed by atoms with van der Waals surface area (Å²) in [6.45, 7) is 20.3. The van der Waals surface area contributed by atoms with Crippen molar-refractivity contribution in [2.75, 3.05) is 0 Å². The third-order valence-corrected chi connectivity index (χ3v) is 16.8. The Morgan fingerprint density at radius 2 is 1.42 bits per heavy atom. The van der Waals surface area contributed by atoms with Gasteiger partial charge in [0.1, 0.15) is 5.58 Å². The molecule has 0 atom stereocenters. The zero-order valence-electron chi connectivity index (χ0n) is 43.7. The van der Waals surface area contributed by atoms with Crippen LogP contribution in [0.5, 0.6) is 0 Å². The monoisotopic (exact) mass is 1110 g/mol. The summed E-state index contributed by atoms with van der Waals surface area (Å²) in [5, 5.41) is 2.17. The van der Waals surface area contributed by atoms with Gasteiger partial charge in [0.25, 0.3) is 0 Å². The molecule has 0 spiro atoms. The molecule has 5 aromatic carbocycles. The van der Waals surface area contributed by atoms with Gasteiger partial charge >= 0.3 is 165 Å². The average Bonchev–Trinajstić information content (AvgIpc) is 3.87. The minimum absolute atomic E-state index is 0. The van der Waals surface area contributed by atoms with Crippen molar-refractivity contribution in [3.63, 3.8) is 0 Å². The van der Waals surface area contributed by atoms with Gasteiger partial charge in [-0.2, -0.15) is 0 Å². The number of imidazole rings is 1. The van der Waals surface area contributed by atoms with Gasteiger partial charge in [-0.25, -0.2) is 0 Å². The van der Waals surface area contributed by atoms with Crippen molar-refractivity contribution in [3.8, 4) is 28.3 Å². The maximum Gasteiger partial charge on any atom is 0 e. The van der Waals surface area contributed by atoms with E-state index in [1.807, 2.05) is 42.7 Å². The predicted octanol–water partition coefficient (Wildman–Crippen LogP) is 15.4. The van der Waals surface area contributed by atoms with Crippen LogP contribution in [0.3, 0.4) is 0 Å². The first-order valence-corrected chi connectivity index (χ1v) is 30.2. The van der Waals surface area contributed by atoms with E-state index in [0.717, 1.165) is 61.3 Å². The summed E-state index contributed by atoms with van der Waals surface area (Å²) in [5.74, 6) is 8.65. The second-order valence-corrected chi connectivity index (χ2v) is 31.3. The number of pyridine rings is 2. The zero-order valence-corrected chi connectivity index (χ0v) is 45.2. The molecule has 0 aliphatic carbocycles. The number of fused-ring (bicyclic) bond motifs is 4. The quantitative estimate of drug-likeness (QED) is 0.112. The molecular formula is C59H64GeIrN4O-2. The Balaban J connectivity index is 0.000000210. The Labute approximate surface area is 413 Å². The van der Waals surface area contributed by atoms with Crippen LogP contribution in [0.4, 0.5) is 0 Å². The van der Waals surface area contributed by atoms with Gasteiger partial charge < -0.3 is 8.98 Å². The zero-order chi connectivity index (χ0) is 49.1.